The van der Waals surface area contributed by atoms with Crippen LogP contribution in [0, 0.1) is 6.92 Å². The van der Waals surface area contributed by atoms with Crippen molar-refractivity contribution in [1.29, 1.82) is 0 Å². The quantitative estimate of drug-likeness (QED) is 0.662. The van der Waals surface area contributed by atoms with Crippen LogP contribution in [-0.4, -0.2) is 14.8 Å². The first-order valence-corrected chi connectivity index (χ1v) is 4.16. The summed E-state index contributed by atoms with van der Waals surface area (Å²) in [5.74, 6) is 0. The molecule has 0 N–H and O–H groups in total. The molecule has 2 rings (SSSR count). The van der Waals surface area contributed by atoms with Gasteiger partial charge in [-0.15, -0.1) is 0 Å². The molecule has 2 aromatic heterocycles. The molecule has 66 valence electrons. The summed E-state index contributed by atoms with van der Waals surface area (Å²) in [6.45, 7) is 7.74. The first-order chi connectivity index (χ1) is 6.18. The van der Waals surface area contributed by atoms with Crippen LogP contribution in [0.25, 0.3) is 16.7 Å². The lowest BCUT2D eigenvalue weighted by Gasteiger charge is -2.00. The maximum atomic E-state index is 4.35. The Hall–Kier alpha value is -1.64. The van der Waals surface area contributed by atoms with Crippen LogP contribution in [-0.2, 0) is 0 Å². The number of rotatable bonds is 1. The van der Waals surface area contributed by atoms with E-state index in [1.165, 1.54) is 0 Å². The van der Waals surface area contributed by atoms with Crippen molar-refractivity contribution < 1.29 is 0 Å². The molecular weight excluding hydrogens is 162 g/mol. The predicted octanol–water partition coefficient (Wildman–Crippen LogP) is 2.23. The van der Waals surface area contributed by atoms with Gasteiger partial charge in [-0.25, -0.2) is 9.67 Å². The molecule has 0 aliphatic carbocycles. The lowest BCUT2D eigenvalue weighted by molar-refractivity contribution is 0.928. The number of hydrogen-bond acceptors (Lipinski definition) is 2. The molecule has 3 heteroatoms. The molecule has 3 nitrogen and oxygen atoms in total. The SMILES string of the molecule is C=C(C)n1ncc2nc(C)ccc21. The van der Waals surface area contributed by atoms with E-state index in [2.05, 4.69) is 16.7 Å². The Kier molecular flexibility index (Phi) is 1.65. The number of nitrogens with zero attached hydrogens (tertiary/aromatic N) is 3. The number of allylic oxidation sites excluding steroid dienone is 1. The molecule has 0 radical (unpaired) electrons. The van der Waals surface area contributed by atoms with E-state index < -0.39 is 0 Å². The fourth-order valence-electron chi connectivity index (χ4n) is 1.32. The summed E-state index contributed by atoms with van der Waals surface area (Å²) in [5, 5.41) is 4.19. The Morgan fingerprint density at radius 3 is 2.92 bits per heavy atom. The van der Waals surface area contributed by atoms with Gasteiger partial charge in [-0.05, 0) is 26.0 Å². The number of hydrogen-bond donors (Lipinski definition) is 0. The number of aromatic nitrogens is 3. The van der Waals surface area contributed by atoms with E-state index in [1.807, 2.05) is 26.0 Å². The molecule has 0 atom stereocenters. The van der Waals surface area contributed by atoms with Gasteiger partial charge in [0.2, 0.25) is 0 Å². The summed E-state index contributed by atoms with van der Waals surface area (Å²) in [6.07, 6.45) is 1.76. The molecule has 13 heavy (non-hydrogen) atoms. The standard InChI is InChI=1S/C10H11N3/c1-7(2)13-10-5-4-8(3)12-9(10)6-11-13/h4-6H,1H2,2-3H3. The minimum atomic E-state index is 0.903. The Balaban J connectivity index is 2.76. The van der Waals surface area contributed by atoms with Crippen molar-refractivity contribution in [2.75, 3.05) is 0 Å². The summed E-state index contributed by atoms with van der Waals surface area (Å²) in [7, 11) is 0. The third kappa shape index (κ3) is 1.22. The summed E-state index contributed by atoms with van der Waals surface area (Å²) in [4.78, 5) is 4.35. The molecule has 0 spiro atoms. The van der Waals surface area contributed by atoms with Crippen molar-refractivity contribution in [3.8, 4) is 0 Å². The highest BCUT2D eigenvalue weighted by Gasteiger charge is 2.02. The first kappa shape index (κ1) is 7.98. The van der Waals surface area contributed by atoms with E-state index in [4.69, 9.17) is 0 Å². The van der Waals surface area contributed by atoms with Gasteiger partial charge in [0, 0.05) is 11.4 Å². The van der Waals surface area contributed by atoms with E-state index in [0.29, 0.717) is 0 Å². The number of fused-ring (bicyclic) bond motifs is 1. The molecule has 2 aromatic rings. The lowest BCUT2D eigenvalue weighted by Crippen LogP contribution is -1.93. The van der Waals surface area contributed by atoms with Crippen LogP contribution < -0.4 is 0 Å². The monoisotopic (exact) mass is 173 g/mol. The third-order valence-corrected chi connectivity index (χ3v) is 1.93. The zero-order chi connectivity index (χ0) is 9.42. The van der Waals surface area contributed by atoms with E-state index in [1.54, 1.807) is 10.9 Å². The van der Waals surface area contributed by atoms with Crippen molar-refractivity contribution in [2.24, 2.45) is 0 Å². The van der Waals surface area contributed by atoms with Gasteiger partial charge in [0.05, 0.1) is 11.7 Å². The molecule has 0 saturated heterocycles. The van der Waals surface area contributed by atoms with Gasteiger partial charge < -0.3 is 0 Å². The van der Waals surface area contributed by atoms with Crippen LogP contribution in [0.15, 0.2) is 24.9 Å². The van der Waals surface area contributed by atoms with Gasteiger partial charge in [-0.1, -0.05) is 6.58 Å². The molecule has 0 aliphatic rings. The van der Waals surface area contributed by atoms with Gasteiger partial charge in [0.1, 0.15) is 5.52 Å². The fraction of sp³-hybridized carbons (Fsp3) is 0.200. The van der Waals surface area contributed by atoms with Crippen LogP contribution in [0.4, 0.5) is 0 Å². The fourth-order valence-corrected chi connectivity index (χ4v) is 1.32. The summed E-state index contributed by atoms with van der Waals surface area (Å²) in [5.41, 5.74) is 3.84. The minimum Gasteiger partial charge on any atom is -0.250 e. The molecule has 0 fully saturated rings. The molecule has 0 unspecified atom stereocenters. The molecule has 0 saturated carbocycles. The van der Waals surface area contributed by atoms with Crippen molar-refractivity contribution in [3.05, 3.63) is 30.6 Å². The highest BCUT2D eigenvalue weighted by atomic mass is 15.3. The van der Waals surface area contributed by atoms with Crippen molar-refractivity contribution in [2.45, 2.75) is 13.8 Å². The third-order valence-electron chi connectivity index (χ3n) is 1.93. The van der Waals surface area contributed by atoms with E-state index >= 15 is 0 Å². The van der Waals surface area contributed by atoms with Gasteiger partial charge in [0.15, 0.2) is 0 Å². The number of aryl methyl sites for hydroxylation is 1. The minimum absolute atomic E-state index is 0.903. The van der Waals surface area contributed by atoms with E-state index in [0.717, 1.165) is 22.4 Å². The largest absolute Gasteiger partial charge is 0.250 e. The van der Waals surface area contributed by atoms with Crippen LogP contribution >= 0.6 is 0 Å². The van der Waals surface area contributed by atoms with Crippen LogP contribution in [0.2, 0.25) is 0 Å². The highest BCUT2D eigenvalue weighted by molar-refractivity contribution is 5.77. The maximum Gasteiger partial charge on any atom is 0.109 e. The van der Waals surface area contributed by atoms with Crippen LogP contribution in [0.1, 0.15) is 12.6 Å². The van der Waals surface area contributed by atoms with Gasteiger partial charge in [-0.2, -0.15) is 5.10 Å². The smallest absolute Gasteiger partial charge is 0.109 e. The molecule has 0 aromatic carbocycles. The number of pyridine rings is 1. The Morgan fingerprint density at radius 1 is 1.46 bits per heavy atom. The Morgan fingerprint density at radius 2 is 2.23 bits per heavy atom. The summed E-state index contributed by atoms with van der Waals surface area (Å²) in [6, 6.07) is 3.99. The van der Waals surface area contributed by atoms with E-state index in [9.17, 15) is 0 Å². The molecule has 0 bridgehead atoms. The maximum absolute atomic E-state index is 4.35. The topological polar surface area (TPSA) is 30.7 Å². The Bertz CT molecular complexity index is 468. The summed E-state index contributed by atoms with van der Waals surface area (Å²) < 4.78 is 1.79. The Labute approximate surface area is 76.7 Å². The first-order valence-electron chi connectivity index (χ1n) is 4.16. The second kappa shape index (κ2) is 2.69. The summed E-state index contributed by atoms with van der Waals surface area (Å²) >= 11 is 0. The zero-order valence-corrected chi connectivity index (χ0v) is 7.78. The van der Waals surface area contributed by atoms with Crippen molar-refractivity contribution in [1.82, 2.24) is 14.8 Å². The van der Waals surface area contributed by atoms with Gasteiger partial charge in [0.25, 0.3) is 0 Å². The van der Waals surface area contributed by atoms with Crippen molar-refractivity contribution in [3.63, 3.8) is 0 Å². The second-order valence-corrected chi connectivity index (χ2v) is 3.15. The predicted molar refractivity (Wildman–Crippen MR) is 53.3 cm³/mol. The van der Waals surface area contributed by atoms with Gasteiger partial charge in [-0.3, -0.25) is 0 Å². The van der Waals surface area contributed by atoms with E-state index in [-0.39, 0.29) is 0 Å². The van der Waals surface area contributed by atoms with Crippen LogP contribution in [0.5, 0.6) is 0 Å². The highest BCUT2D eigenvalue weighted by Crippen LogP contribution is 2.14. The second-order valence-electron chi connectivity index (χ2n) is 3.15. The lowest BCUT2D eigenvalue weighted by atomic mass is 10.3. The molecule has 0 amide bonds. The van der Waals surface area contributed by atoms with Gasteiger partial charge >= 0.3 is 0 Å². The molecule has 2 heterocycles. The molecule has 0 aliphatic heterocycles. The van der Waals surface area contributed by atoms with Crippen molar-refractivity contribution >= 4 is 16.7 Å². The molecular formula is C10H11N3. The normalized spacial score (nSPS) is 10.6. The average Bonchev–Trinajstić information content (AvgIpc) is 2.46. The van der Waals surface area contributed by atoms with Crippen LogP contribution in [0.3, 0.4) is 0 Å². The average molecular weight is 173 g/mol. The zero-order valence-electron chi connectivity index (χ0n) is 7.78.